The van der Waals surface area contributed by atoms with Gasteiger partial charge in [0.1, 0.15) is 11.6 Å². The minimum Gasteiger partial charge on any atom is -0.497 e. The van der Waals surface area contributed by atoms with Crippen molar-refractivity contribution >= 4 is 22.6 Å². The highest BCUT2D eigenvalue weighted by molar-refractivity contribution is 5.92. The molecular formula is C24H27FN4O3. The quantitative estimate of drug-likeness (QED) is 0.660. The summed E-state index contributed by atoms with van der Waals surface area (Å²) in [5.74, 6) is 0.405. The molecule has 2 aromatic carbocycles. The van der Waals surface area contributed by atoms with E-state index in [0.717, 1.165) is 35.4 Å². The average molecular weight is 439 g/mol. The van der Waals surface area contributed by atoms with Crippen LogP contribution in [-0.2, 0) is 12.5 Å². The molecule has 5 rings (SSSR count). The summed E-state index contributed by atoms with van der Waals surface area (Å²) in [6.07, 6.45) is 0. The summed E-state index contributed by atoms with van der Waals surface area (Å²) >= 11 is 0. The van der Waals surface area contributed by atoms with Gasteiger partial charge >= 0.3 is 6.03 Å². The molecule has 3 aromatic rings. The number of likely N-dealkylation sites (N-methyl/N-ethyl adjacent to an activating group) is 1. The number of carbonyl (C=O) groups is 1. The summed E-state index contributed by atoms with van der Waals surface area (Å²) in [4.78, 5) is 17.3. The molecule has 2 aliphatic rings. The van der Waals surface area contributed by atoms with Gasteiger partial charge in [-0.3, -0.25) is 0 Å². The molecule has 2 N–H and O–H groups in total. The third-order valence-corrected chi connectivity index (χ3v) is 6.82. The number of hydrogen-bond donors (Lipinski definition) is 2. The number of aliphatic hydroxyl groups is 1. The van der Waals surface area contributed by atoms with Crippen molar-refractivity contribution in [3.05, 3.63) is 59.5 Å². The Bertz CT molecular complexity index is 1180. The number of aryl methyl sites for hydroxylation is 1. The number of methoxy groups -OCH3 is 1. The zero-order chi connectivity index (χ0) is 22.6. The maximum Gasteiger partial charge on any atom is 0.322 e. The molecule has 7 nitrogen and oxygen atoms in total. The summed E-state index contributed by atoms with van der Waals surface area (Å²) in [5.41, 5.74) is 3.47. The van der Waals surface area contributed by atoms with Gasteiger partial charge in [-0.2, -0.15) is 0 Å². The fourth-order valence-corrected chi connectivity index (χ4v) is 5.55. The van der Waals surface area contributed by atoms with Crippen molar-refractivity contribution in [1.82, 2.24) is 14.4 Å². The van der Waals surface area contributed by atoms with Crippen molar-refractivity contribution in [3.8, 4) is 5.75 Å². The predicted octanol–water partition coefficient (Wildman–Crippen LogP) is 3.09. The third kappa shape index (κ3) is 3.05. The van der Waals surface area contributed by atoms with Gasteiger partial charge < -0.3 is 29.5 Å². The van der Waals surface area contributed by atoms with Crippen molar-refractivity contribution in [2.24, 2.45) is 7.05 Å². The van der Waals surface area contributed by atoms with Gasteiger partial charge in [0.05, 0.1) is 25.3 Å². The molecule has 2 aliphatic heterocycles. The Morgan fingerprint density at radius 1 is 1.19 bits per heavy atom. The lowest BCUT2D eigenvalue weighted by molar-refractivity contribution is 0.0274. The summed E-state index contributed by atoms with van der Waals surface area (Å²) in [6, 6.07) is 10.9. The number of aliphatic hydroxyl groups excluding tert-OH is 1. The SMILES string of the molecule is COc1ccc2c3c(n(C)c2c1)[C@@H](CO)N(C(=O)Nc1ccc(F)cc1)CC31CN(C)C1. The number of nitrogens with one attached hydrogen (secondary N) is 1. The Kier molecular flexibility index (Phi) is 4.87. The van der Waals surface area contributed by atoms with Crippen LogP contribution in [0.1, 0.15) is 17.3 Å². The van der Waals surface area contributed by atoms with Gasteiger partial charge in [0.25, 0.3) is 0 Å². The number of rotatable bonds is 3. The number of benzene rings is 2. The second-order valence-corrected chi connectivity index (χ2v) is 8.92. The van der Waals surface area contributed by atoms with Gasteiger partial charge in [-0.1, -0.05) is 0 Å². The predicted molar refractivity (Wildman–Crippen MR) is 121 cm³/mol. The maximum atomic E-state index is 13.3. The van der Waals surface area contributed by atoms with E-state index >= 15 is 0 Å². The van der Waals surface area contributed by atoms with E-state index < -0.39 is 6.04 Å². The maximum absolute atomic E-state index is 13.3. The van der Waals surface area contributed by atoms with Gasteiger partial charge in [0.2, 0.25) is 0 Å². The first-order chi connectivity index (χ1) is 15.4. The van der Waals surface area contributed by atoms with Gasteiger partial charge in [0, 0.05) is 54.9 Å². The zero-order valence-electron chi connectivity index (χ0n) is 18.4. The lowest BCUT2D eigenvalue weighted by Crippen LogP contribution is -2.66. The topological polar surface area (TPSA) is 70.0 Å². The van der Waals surface area contributed by atoms with E-state index in [4.69, 9.17) is 4.74 Å². The van der Waals surface area contributed by atoms with E-state index in [9.17, 15) is 14.3 Å². The number of likely N-dealkylation sites (tertiary alicyclic amines) is 1. The van der Waals surface area contributed by atoms with Crippen LogP contribution in [0.25, 0.3) is 10.9 Å². The van der Waals surface area contributed by atoms with E-state index in [2.05, 4.69) is 27.9 Å². The molecule has 2 amide bonds. The molecule has 8 heteroatoms. The molecule has 0 aliphatic carbocycles. The molecule has 0 unspecified atom stereocenters. The molecule has 1 spiro atoms. The number of amides is 2. The summed E-state index contributed by atoms with van der Waals surface area (Å²) in [7, 11) is 5.69. The normalized spacial score (nSPS) is 19.7. The number of halogens is 1. The Balaban J connectivity index is 1.61. The monoisotopic (exact) mass is 438 g/mol. The Morgan fingerprint density at radius 3 is 2.53 bits per heavy atom. The number of hydrogen-bond acceptors (Lipinski definition) is 4. The lowest BCUT2D eigenvalue weighted by Gasteiger charge is -2.55. The van der Waals surface area contributed by atoms with Crippen LogP contribution in [0.4, 0.5) is 14.9 Å². The molecule has 1 saturated heterocycles. The summed E-state index contributed by atoms with van der Waals surface area (Å²) < 4.78 is 20.8. The molecule has 1 atom stereocenters. The first-order valence-corrected chi connectivity index (χ1v) is 10.7. The van der Waals surface area contributed by atoms with Crippen LogP contribution in [-0.4, -0.2) is 65.9 Å². The highest BCUT2D eigenvalue weighted by Crippen LogP contribution is 2.49. The van der Waals surface area contributed by atoms with Crippen LogP contribution in [0.3, 0.4) is 0 Å². The third-order valence-electron chi connectivity index (χ3n) is 6.82. The van der Waals surface area contributed by atoms with Crippen molar-refractivity contribution in [1.29, 1.82) is 0 Å². The fraction of sp³-hybridized carbons (Fsp3) is 0.375. The van der Waals surface area contributed by atoms with Crippen LogP contribution >= 0.6 is 0 Å². The van der Waals surface area contributed by atoms with Crippen LogP contribution in [0.5, 0.6) is 5.75 Å². The van der Waals surface area contributed by atoms with Crippen molar-refractivity contribution in [3.63, 3.8) is 0 Å². The fourth-order valence-electron chi connectivity index (χ4n) is 5.55. The highest BCUT2D eigenvalue weighted by atomic mass is 19.1. The lowest BCUT2D eigenvalue weighted by atomic mass is 9.69. The molecule has 32 heavy (non-hydrogen) atoms. The second-order valence-electron chi connectivity index (χ2n) is 8.92. The summed E-state index contributed by atoms with van der Waals surface area (Å²) in [5, 5.41) is 14.4. The minimum absolute atomic E-state index is 0.197. The molecular weight excluding hydrogens is 411 g/mol. The van der Waals surface area contributed by atoms with E-state index in [1.807, 2.05) is 19.2 Å². The van der Waals surface area contributed by atoms with Gasteiger partial charge in [-0.05, 0) is 49.0 Å². The van der Waals surface area contributed by atoms with E-state index in [0.29, 0.717) is 12.2 Å². The number of anilines is 1. The van der Waals surface area contributed by atoms with Crippen LogP contribution in [0.2, 0.25) is 0 Å². The van der Waals surface area contributed by atoms with Gasteiger partial charge in [-0.15, -0.1) is 0 Å². The average Bonchev–Trinajstić information content (AvgIpc) is 3.07. The van der Waals surface area contributed by atoms with E-state index in [-0.39, 0.29) is 23.9 Å². The number of nitrogens with zero attached hydrogens (tertiary/aromatic N) is 3. The zero-order valence-corrected chi connectivity index (χ0v) is 18.4. The van der Waals surface area contributed by atoms with Crippen LogP contribution < -0.4 is 10.1 Å². The number of aromatic nitrogens is 1. The highest BCUT2D eigenvalue weighted by Gasteiger charge is 2.53. The van der Waals surface area contributed by atoms with E-state index in [1.54, 1.807) is 12.0 Å². The minimum atomic E-state index is -0.495. The molecule has 1 aromatic heterocycles. The first-order valence-electron chi connectivity index (χ1n) is 10.7. The van der Waals surface area contributed by atoms with Gasteiger partial charge in [-0.25, -0.2) is 9.18 Å². The molecule has 3 heterocycles. The largest absolute Gasteiger partial charge is 0.497 e. The van der Waals surface area contributed by atoms with Crippen molar-refractivity contribution in [2.75, 3.05) is 45.7 Å². The standard InChI is InChI=1S/C24H27FN4O3/c1-27-12-24(13-27)14-29(23(31)26-16-6-4-15(25)5-7-16)20(11-30)22-21(24)18-9-8-17(32-3)10-19(18)28(22)2/h4-10,20,30H,11-14H2,1-3H3,(H,26,31)/t20-/m1/s1. The van der Waals surface area contributed by atoms with Crippen LogP contribution in [0.15, 0.2) is 42.5 Å². The molecule has 1 fully saturated rings. The Morgan fingerprint density at radius 2 is 1.91 bits per heavy atom. The Hall–Kier alpha value is -3.10. The second kappa shape index (κ2) is 7.50. The van der Waals surface area contributed by atoms with E-state index in [1.165, 1.54) is 29.8 Å². The Labute approximate surface area is 186 Å². The van der Waals surface area contributed by atoms with Crippen molar-refractivity contribution < 1.29 is 19.0 Å². The van der Waals surface area contributed by atoms with Crippen molar-refractivity contribution in [2.45, 2.75) is 11.5 Å². The van der Waals surface area contributed by atoms with Gasteiger partial charge in [0.15, 0.2) is 0 Å². The molecule has 0 saturated carbocycles. The number of fused-ring (bicyclic) bond motifs is 4. The number of carbonyl (C=O) groups excluding carboxylic acids is 1. The smallest absolute Gasteiger partial charge is 0.322 e. The summed E-state index contributed by atoms with van der Waals surface area (Å²) in [6.45, 7) is 1.94. The molecule has 0 radical (unpaired) electrons. The number of urea groups is 1. The molecule has 0 bridgehead atoms. The van der Waals surface area contributed by atoms with Crippen LogP contribution in [0, 0.1) is 5.82 Å². The molecule has 168 valence electrons. The first kappa shape index (κ1) is 20.8. The number of ether oxygens (including phenoxy) is 1.